The number of ether oxygens (including phenoxy) is 2. The molecule has 0 saturated heterocycles. The summed E-state index contributed by atoms with van der Waals surface area (Å²) in [6.45, 7) is 2.18. The highest BCUT2D eigenvalue weighted by Crippen LogP contribution is 2.39. The molecule has 0 aliphatic carbocycles. The van der Waals surface area contributed by atoms with Gasteiger partial charge in [-0.05, 0) is 18.9 Å². The normalized spacial score (nSPS) is 14.8. The van der Waals surface area contributed by atoms with Gasteiger partial charge in [0.05, 0.1) is 25.1 Å². The van der Waals surface area contributed by atoms with Gasteiger partial charge in [0.25, 0.3) is 6.33 Å². The lowest BCUT2D eigenvalue weighted by molar-refractivity contribution is -0.754. The number of halogens is 3. The molecule has 0 fully saturated rings. The zero-order valence-electron chi connectivity index (χ0n) is 21.4. The minimum absolute atomic E-state index is 0.0895. The van der Waals surface area contributed by atoms with Crippen LogP contribution in [-0.4, -0.2) is 54.0 Å². The predicted octanol–water partition coefficient (Wildman–Crippen LogP) is 2.63. The molecule has 1 aromatic carbocycles. The van der Waals surface area contributed by atoms with E-state index in [2.05, 4.69) is 19.6 Å². The molecule has 3 rings (SSSR count). The second-order valence-corrected chi connectivity index (χ2v) is 10.0. The Kier molecular flexibility index (Phi) is 10.3. The topological polar surface area (TPSA) is 170 Å². The van der Waals surface area contributed by atoms with Crippen LogP contribution in [0.3, 0.4) is 0 Å². The van der Waals surface area contributed by atoms with Crippen molar-refractivity contribution in [2.75, 3.05) is 13.2 Å². The number of unbranched alkanes of at least 4 members (excludes halogenated alkanes) is 1. The molecule has 0 amide bonds. The summed E-state index contributed by atoms with van der Waals surface area (Å²) in [5.74, 6) is -3.91. The highest BCUT2D eigenvalue weighted by Gasteiger charge is 2.43. The van der Waals surface area contributed by atoms with E-state index in [1.807, 2.05) is 0 Å². The van der Waals surface area contributed by atoms with Crippen LogP contribution in [0.2, 0.25) is 0 Å². The fourth-order valence-electron chi connectivity index (χ4n) is 3.80. The minimum atomic E-state index is -4.56. The smallest absolute Gasteiger partial charge is 0.434 e. The van der Waals surface area contributed by atoms with Crippen molar-refractivity contribution in [1.82, 2.24) is 19.7 Å². The Bertz CT molecular complexity index is 1360. The number of hydrogen-bond donors (Lipinski definition) is 3. The van der Waals surface area contributed by atoms with Crippen LogP contribution in [0.5, 0.6) is 0 Å². The maximum Gasteiger partial charge on any atom is 0.511 e. The molecule has 1 unspecified atom stereocenters. The number of hydrogen-bond acceptors (Lipinski definition) is 9. The van der Waals surface area contributed by atoms with Crippen LogP contribution >= 0.6 is 7.82 Å². The van der Waals surface area contributed by atoms with Crippen LogP contribution in [0, 0.1) is 17.5 Å². The van der Waals surface area contributed by atoms with Crippen molar-refractivity contribution in [3.8, 4) is 0 Å². The van der Waals surface area contributed by atoms with Crippen molar-refractivity contribution < 1.29 is 56.0 Å². The Labute approximate surface area is 226 Å². The highest BCUT2D eigenvalue weighted by molar-refractivity contribution is 7.46. The molecule has 0 bridgehead atoms. The quantitative estimate of drug-likeness (QED) is 0.116. The number of nitrogens with zero attached hydrogens (tertiary/aromatic N) is 5. The Hall–Kier alpha value is -3.43. The van der Waals surface area contributed by atoms with Crippen molar-refractivity contribution in [1.29, 1.82) is 0 Å². The molecule has 218 valence electrons. The number of rotatable bonds is 13. The molecule has 0 spiro atoms. The molecule has 0 aliphatic heterocycles. The van der Waals surface area contributed by atoms with Gasteiger partial charge in [-0.1, -0.05) is 13.0 Å². The van der Waals surface area contributed by atoms with Crippen molar-refractivity contribution in [3.05, 3.63) is 72.1 Å². The first-order valence-corrected chi connectivity index (χ1v) is 13.4. The number of benzene rings is 1. The lowest BCUT2D eigenvalue weighted by Crippen LogP contribution is -2.41. The van der Waals surface area contributed by atoms with E-state index in [0.717, 1.165) is 24.7 Å². The largest absolute Gasteiger partial charge is 0.511 e. The summed E-state index contributed by atoms with van der Waals surface area (Å²) >= 11 is 0. The second-order valence-electron chi connectivity index (χ2n) is 8.76. The fourth-order valence-corrected chi connectivity index (χ4v) is 4.16. The van der Waals surface area contributed by atoms with Crippen molar-refractivity contribution in [2.45, 2.75) is 51.0 Å². The molecule has 3 aromatic rings. The van der Waals surface area contributed by atoms with Gasteiger partial charge in [0.15, 0.2) is 5.82 Å². The van der Waals surface area contributed by atoms with Crippen LogP contribution in [0.4, 0.5) is 18.0 Å². The first-order valence-electron chi connectivity index (χ1n) is 11.9. The van der Waals surface area contributed by atoms with E-state index < -0.39 is 55.7 Å². The predicted molar refractivity (Wildman–Crippen MR) is 127 cm³/mol. The van der Waals surface area contributed by atoms with Crippen molar-refractivity contribution >= 4 is 14.0 Å². The number of phosphoric acid groups is 1. The van der Waals surface area contributed by atoms with Gasteiger partial charge >= 0.3 is 14.0 Å². The van der Waals surface area contributed by atoms with Gasteiger partial charge in [-0.2, -0.15) is 4.57 Å². The third-order valence-corrected chi connectivity index (χ3v) is 6.45. The van der Waals surface area contributed by atoms with Gasteiger partial charge in [0.2, 0.25) is 12.6 Å². The van der Waals surface area contributed by atoms with E-state index in [-0.39, 0.29) is 37.3 Å². The van der Waals surface area contributed by atoms with E-state index in [0.29, 0.717) is 6.07 Å². The molecule has 0 saturated carbocycles. The summed E-state index contributed by atoms with van der Waals surface area (Å²) < 4.78 is 70.5. The van der Waals surface area contributed by atoms with E-state index in [9.17, 15) is 27.6 Å². The maximum atomic E-state index is 14.9. The maximum absolute atomic E-state index is 14.9. The zero-order valence-corrected chi connectivity index (χ0v) is 22.3. The van der Waals surface area contributed by atoms with Crippen LogP contribution in [0.25, 0.3) is 0 Å². The van der Waals surface area contributed by atoms with E-state index >= 15 is 0 Å². The molecule has 13 nitrogen and oxygen atoms in total. The minimum Gasteiger partial charge on any atom is -0.434 e. The van der Waals surface area contributed by atoms with Crippen LogP contribution in [0.15, 0.2) is 43.4 Å². The van der Waals surface area contributed by atoms with Crippen LogP contribution in [-0.2, 0) is 30.7 Å². The molecule has 2 aromatic heterocycles. The number of phosphoric ester groups is 1. The standard InChI is InChI=1S/C23H27F3N5O8P/c1-15(21-20(26)10-27-12-28-21)23(33,18-6-5-17(24)9-19(18)25)11-31-14-30(13-29-31)16(2)39-22(32)37-7-3-4-8-38-40(34,35)36/h5-6,9-10,12-16,33H,3-4,7-8,11H2,1-2H3,(H-,34,35,36)/p+1/t15-,16?,23+/m0/s1. The summed E-state index contributed by atoms with van der Waals surface area (Å²) in [6.07, 6.45) is 3.10. The molecule has 2 heterocycles. The first kappa shape index (κ1) is 31.1. The Morgan fingerprint density at radius 3 is 2.58 bits per heavy atom. The molecule has 3 atom stereocenters. The van der Waals surface area contributed by atoms with Gasteiger partial charge in [-0.3, -0.25) is 4.52 Å². The average Bonchev–Trinajstić information content (AvgIpc) is 3.33. The number of aliphatic hydroxyl groups is 1. The molecule has 17 heteroatoms. The Balaban J connectivity index is 1.69. The van der Waals surface area contributed by atoms with Gasteiger partial charge in [-0.25, -0.2) is 32.5 Å². The van der Waals surface area contributed by atoms with Gasteiger partial charge in [0, 0.05) is 29.6 Å². The number of aromatic nitrogens is 5. The van der Waals surface area contributed by atoms with E-state index in [1.165, 1.54) is 35.8 Å². The summed E-state index contributed by atoms with van der Waals surface area (Å²) in [4.78, 5) is 36.7. The molecule has 0 aliphatic rings. The Morgan fingerprint density at radius 1 is 1.18 bits per heavy atom. The summed E-state index contributed by atoms with van der Waals surface area (Å²) in [5, 5.41) is 15.8. The molecule has 3 N–H and O–H groups in total. The van der Waals surface area contributed by atoms with Gasteiger partial charge < -0.3 is 24.4 Å². The first-order chi connectivity index (χ1) is 18.8. The lowest BCUT2D eigenvalue weighted by atomic mass is 9.79. The average molecular weight is 590 g/mol. The SMILES string of the molecule is CC(OC(=O)OCCCCOP(=O)(O)O)[n+]1cnn(C[C@](O)(c2ccc(F)cc2F)[C@@H](C)c2ncncc2F)c1. The van der Waals surface area contributed by atoms with E-state index in [1.54, 1.807) is 0 Å². The molecule has 40 heavy (non-hydrogen) atoms. The van der Waals surface area contributed by atoms with E-state index in [4.69, 9.17) is 19.3 Å². The summed E-state index contributed by atoms with van der Waals surface area (Å²) in [6, 6.07) is 2.61. The van der Waals surface area contributed by atoms with Crippen LogP contribution in [0.1, 0.15) is 50.1 Å². The van der Waals surface area contributed by atoms with Crippen LogP contribution < -0.4 is 4.57 Å². The molecular weight excluding hydrogens is 562 g/mol. The number of carbonyl (C=O) groups excluding carboxylic acids is 1. The lowest BCUT2D eigenvalue weighted by Gasteiger charge is -2.32. The zero-order chi connectivity index (χ0) is 29.5. The molecular formula is C23H28F3N5O8P+. The monoisotopic (exact) mass is 590 g/mol. The second kappa shape index (κ2) is 13.3. The third kappa shape index (κ3) is 8.29. The number of carbonyl (C=O) groups is 1. The molecule has 0 radical (unpaired) electrons. The summed E-state index contributed by atoms with van der Waals surface area (Å²) in [7, 11) is -4.56. The third-order valence-electron chi connectivity index (χ3n) is 5.93. The van der Waals surface area contributed by atoms with Gasteiger partial charge in [0.1, 0.15) is 30.1 Å². The van der Waals surface area contributed by atoms with Gasteiger partial charge in [-0.15, -0.1) is 4.68 Å². The Morgan fingerprint density at radius 2 is 1.90 bits per heavy atom. The highest BCUT2D eigenvalue weighted by atomic mass is 31.2. The van der Waals surface area contributed by atoms with Crippen molar-refractivity contribution in [3.63, 3.8) is 0 Å². The fraction of sp³-hybridized carbons (Fsp3) is 0.435. The van der Waals surface area contributed by atoms with Crippen molar-refractivity contribution in [2.24, 2.45) is 0 Å². The summed E-state index contributed by atoms with van der Waals surface area (Å²) in [5.41, 5.74) is -2.68.